The minimum Gasteiger partial charge on any atom is -0.452 e. The van der Waals surface area contributed by atoms with Crippen LogP contribution in [0.3, 0.4) is 0 Å². The van der Waals surface area contributed by atoms with Crippen LogP contribution in [0.2, 0.25) is 0 Å². The van der Waals surface area contributed by atoms with E-state index in [4.69, 9.17) is 4.74 Å². The van der Waals surface area contributed by atoms with Crippen molar-refractivity contribution < 1.29 is 27.8 Å². The van der Waals surface area contributed by atoms with E-state index in [0.29, 0.717) is 0 Å². The van der Waals surface area contributed by atoms with Gasteiger partial charge < -0.3 is 14.8 Å². The number of ether oxygens (including phenoxy) is 2. The molecule has 5 nitrogen and oxygen atoms in total. The van der Waals surface area contributed by atoms with Crippen LogP contribution in [0.15, 0.2) is 24.3 Å². The van der Waals surface area contributed by atoms with Crippen molar-refractivity contribution in [3.8, 4) is 5.75 Å². The fourth-order valence-corrected chi connectivity index (χ4v) is 6.16. The van der Waals surface area contributed by atoms with Gasteiger partial charge in [-0.05, 0) is 86.8 Å². The number of alkyl halides is 2. The van der Waals surface area contributed by atoms with Crippen LogP contribution in [0.5, 0.6) is 5.75 Å². The van der Waals surface area contributed by atoms with Crippen molar-refractivity contribution in [3.63, 3.8) is 0 Å². The Labute approximate surface area is 169 Å². The first-order valence-corrected chi connectivity index (χ1v) is 10.3. The van der Waals surface area contributed by atoms with Gasteiger partial charge in [-0.1, -0.05) is 6.07 Å². The number of esters is 1. The van der Waals surface area contributed by atoms with Crippen LogP contribution in [0.4, 0.5) is 8.78 Å². The number of hydrogen-bond acceptors (Lipinski definition) is 4. The van der Waals surface area contributed by atoms with Crippen LogP contribution >= 0.6 is 0 Å². The van der Waals surface area contributed by atoms with Crippen molar-refractivity contribution in [2.45, 2.75) is 58.1 Å². The smallest absolute Gasteiger partial charge is 0.387 e. The zero-order valence-electron chi connectivity index (χ0n) is 16.5. The number of rotatable bonds is 7. The lowest BCUT2D eigenvalue weighted by atomic mass is 9.48. The van der Waals surface area contributed by atoms with E-state index in [2.05, 4.69) is 17.0 Å². The zero-order chi connectivity index (χ0) is 20.6. The predicted molar refractivity (Wildman–Crippen MR) is 102 cm³/mol. The lowest BCUT2D eigenvalue weighted by Crippen LogP contribution is -2.56. The highest BCUT2D eigenvalue weighted by Crippen LogP contribution is 2.61. The Hall–Kier alpha value is -2.18. The lowest BCUT2D eigenvalue weighted by Gasteiger charge is -2.59. The third kappa shape index (κ3) is 4.38. The molecule has 1 aromatic rings. The molecule has 0 radical (unpaired) electrons. The Bertz CT molecular complexity index is 747. The van der Waals surface area contributed by atoms with Crippen molar-refractivity contribution >= 4 is 11.9 Å². The summed E-state index contributed by atoms with van der Waals surface area (Å²) < 4.78 is 34.0. The SMILES string of the molecule is C[C@@H](NC(=O)COC(=O)c1cccc(OC(F)F)c1)C12CC3CC(CC(C3)C1)C2. The maximum absolute atomic E-state index is 12.4. The summed E-state index contributed by atoms with van der Waals surface area (Å²) in [4.78, 5) is 24.5. The molecule has 158 valence electrons. The normalized spacial score (nSPS) is 30.8. The van der Waals surface area contributed by atoms with Gasteiger partial charge in [0.05, 0.1) is 5.56 Å². The van der Waals surface area contributed by atoms with E-state index in [9.17, 15) is 18.4 Å². The van der Waals surface area contributed by atoms with Gasteiger partial charge in [-0.2, -0.15) is 8.78 Å². The summed E-state index contributed by atoms with van der Waals surface area (Å²) in [5, 5.41) is 3.04. The first-order chi connectivity index (χ1) is 13.8. The number of hydrogen-bond donors (Lipinski definition) is 1. The van der Waals surface area contributed by atoms with E-state index in [-0.39, 0.29) is 28.7 Å². The average Bonchev–Trinajstić information content (AvgIpc) is 2.64. The molecule has 1 amide bonds. The molecule has 0 heterocycles. The lowest BCUT2D eigenvalue weighted by molar-refractivity contribution is -0.128. The molecule has 0 unspecified atom stereocenters. The summed E-state index contributed by atoms with van der Waals surface area (Å²) in [7, 11) is 0. The number of halogens is 2. The van der Waals surface area contributed by atoms with E-state index < -0.39 is 19.2 Å². The summed E-state index contributed by atoms with van der Waals surface area (Å²) in [5.74, 6) is 1.17. The van der Waals surface area contributed by atoms with E-state index in [1.54, 1.807) is 0 Å². The van der Waals surface area contributed by atoms with Gasteiger partial charge in [-0.15, -0.1) is 0 Å². The number of benzene rings is 1. The standard InChI is InChI=1S/C22H27F2NO4/c1-13(22-9-14-5-15(10-22)7-16(6-14)11-22)25-19(26)12-28-20(27)17-3-2-4-18(8-17)29-21(23)24/h2-4,8,13-16,21H,5-7,9-12H2,1H3,(H,25,26)/t13-,14?,15?,16?,22?/m1/s1. The summed E-state index contributed by atoms with van der Waals surface area (Å²) in [5.41, 5.74) is 0.236. The Kier molecular flexibility index (Phi) is 5.49. The van der Waals surface area contributed by atoms with Gasteiger partial charge in [0, 0.05) is 6.04 Å². The number of carbonyl (C=O) groups is 2. The minimum absolute atomic E-state index is 0.0462. The van der Waals surface area contributed by atoms with Crippen LogP contribution in [-0.4, -0.2) is 31.1 Å². The molecule has 1 atom stereocenters. The van der Waals surface area contributed by atoms with Gasteiger partial charge in [-0.25, -0.2) is 4.79 Å². The molecule has 7 heteroatoms. The monoisotopic (exact) mass is 407 g/mol. The van der Waals surface area contributed by atoms with Crippen molar-refractivity contribution in [1.29, 1.82) is 0 Å². The van der Waals surface area contributed by atoms with Crippen LogP contribution in [0.1, 0.15) is 55.8 Å². The maximum atomic E-state index is 12.4. The van der Waals surface area contributed by atoms with Crippen molar-refractivity contribution in [3.05, 3.63) is 29.8 Å². The number of amides is 1. The topological polar surface area (TPSA) is 64.6 Å². The molecular formula is C22H27F2NO4. The van der Waals surface area contributed by atoms with Crippen LogP contribution in [0, 0.1) is 23.2 Å². The minimum atomic E-state index is -2.97. The molecule has 0 aliphatic heterocycles. The number of carbonyl (C=O) groups excluding carboxylic acids is 2. The van der Waals surface area contributed by atoms with Gasteiger partial charge in [0.1, 0.15) is 5.75 Å². The Morgan fingerprint density at radius 3 is 2.34 bits per heavy atom. The maximum Gasteiger partial charge on any atom is 0.387 e. The summed E-state index contributed by atoms with van der Waals surface area (Å²) >= 11 is 0. The van der Waals surface area contributed by atoms with Gasteiger partial charge in [0.25, 0.3) is 5.91 Å². The second-order valence-corrected chi connectivity index (χ2v) is 9.05. The van der Waals surface area contributed by atoms with Crippen LogP contribution in [0.25, 0.3) is 0 Å². The fraction of sp³-hybridized carbons (Fsp3) is 0.636. The van der Waals surface area contributed by atoms with Crippen LogP contribution < -0.4 is 10.1 Å². The fourth-order valence-electron chi connectivity index (χ4n) is 6.16. The molecule has 0 spiro atoms. The molecule has 4 bridgehead atoms. The second-order valence-electron chi connectivity index (χ2n) is 9.05. The molecule has 1 N–H and O–H groups in total. The molecule has 4 fully saturated rings. The first-order valence-electron chi connectivity index (χ1n) is 10.3. The predicted octanol–water partition coefficient (Wildman–Crippen LogP) is 4.17. The molecule has 4 saturated carbocycles. The van der Waals surface area contributed by atoms with E-state index in [0.717, 1.165) is 17.8 Å². The largest absolute Gasteiger partial charge is 0.452 e. The molecule has 0 saturated heterocycles. The third-order valence-electron chi connectivity index (χ3n) is 7.01. The highest BCUT2D eigenvalue weighted by Gasteiger charge is 2.53. The molecule has 5 rings (SSSR count). The van der Waals surface area contributed by atoms with E-state index in [1.807, 2.05) is 0 Å². The second kappa shape index (κ2) is 7.92. The van der Waals surface area contributed by atoms with Crippen molar-refractivity contribution in [2.75, 3.05) is 6.61 Å². The van der Waals surface area contributed by atoms with E-state index >= 15 is 0 Å². The Balaban J connectivity index is 1.29. The quantitative estimate of drug-likeness (QED) is 0.689. The molecular weight excluding hydrogens is 380 g/mol. The first kappa shape index (κ1) is 20.1. The van der Waals surface area contributed by atoms with Gasteiger partial charge in [0.15, 0.2) is 6.61 Å². The highest BCUT2D eigenvalue weighted by molar-refractivity contribution is 5.91. The van der Waals surface area contributed by atoms with E-state index in [1.165, 1.54) is 62.8 Å². The van der Waals surface area contributed by atoms with Gasteiger partial charge >= 0.3 is 12.6 Å². The van der Waals surface area contributed by atoms with Crippen molar-refractivity contribution in [2.24, 2.45) is 23.2 Å². The summed E-state index contributed by atoms with van der Waals surface area (Å²) in [6, 6.07) is 5.39. The zero-order valence-corrected chi connectivity index (χ0v) is 16.5. The molecule has 4 aliphatic rings. The Morgan fingerprint density at radius 1 is 1.14 bits per heavy atom. The summed E-state index contributed by atoms with van der Waals surface area (Å²) in [6.07, 6.45) is 7.55. The number of nitrogens with one attached hydrogen (secondary N) is 1. The summed E-state index contributed by atoms with van der Waals surface area (Å²) in [6.45, 7) is -1.30. The highest BCUT2D eigenvalue weighted by atomic mass is 19.3. The van der Waals surface area contributed by atoms with Crippen molar-refractivity contribution in [1.82, 2.24) is 5.32 Å². The molecule has 1 aromatic carbocycles. The van der Waals surface area contributed by atoms with Gasteiger partial charge in [-0.3, -0.25) is 4.79 Å². The average molecular weight is 407 g/mol. The molecule has 4 aliphatic carbocycles. The van der Waals surface area contributed by atoms with Gasteiger partial charge in [0.2, 0.25) is 0 Å². The molecule has 0 aromatic heterocycles. The third-order valence-corrected chi connectivity index (χ3v) is 7.01. The Morgan fingerprint density at radius 2 is 1.76 bits per heavy atom. The molecule has 29 heavy (non-hydrogen) atoms. The van der Waals surface area contributed by atoms with Crippen LogP contribution in [-0.2, 0) is 9.53 Å².